The molecule has 0 bridgehead atoms. The molecule has 9 heteroatoms. The van der Waals surface area contributed by atoms with Crippen LogP contribution >= 0.6 is 23.3 Å². The summed E-state index contributed by atoms with van der Waals surface area (Å²) in [6, 6.07) is 2.07. The van der Waals surface area contributed by atoms with Gasteiger partial charge in [0.15, 0.2) is 0 Å². The first-order chi connectivity index (χ1) is 9.58. The molecule has 0 saturated heterocycles. The Morgan fingerprint density at radius 2 is 2.35 bits per heavy atom. The number of thioether (sulfide) groups is 1. The molecule has 0 atom stereocenters. The van der Waals surface area contributed by atoms with E-state index in [-0.39, 0.29) is 0 Å². The summed E-state index contributed by atoms with van der Waals surface area (Å²) in [5.74, 6) is -0.456. The minimum atomic E-state index is -0.456. The maximum atomic E-state index is 13.7. The monoisotopic (exact) mass is 310 g/mol. The predicted octanol–water partition coefficient (Wildman–Crippen LogP) is 2.36. The van der Waals surface area contributed by atoms with Crippen LogP contribution in [0.1, 0.15) is 16.8 Å². The Morgan fingerprint density at radius 1 is 1.60 bits per heavy atom. The third kappa shape index (κ3) is 2.66. The molecular formula is C11H11FN6S2. The molecule has 2 heterocycles. The van der Waals surface area contributed by atoms with Gasteiger partial charge in [-0.3, -0.25) is 5.43 Å². The van der Waals surface area contributed by atoms with Gasteiger partial charge in [-0.25, -0.2) is 4.68 Å². The lowest BCUT2D eigenvalue weighted by molar-refractivity contribution is 0.502. The van der Waals surface area contributed by atoms with Gasteiger partial charge in [-0.05, 0) is 24.7 Å². The summed E-state index contributed by atoms with van der Waals surface area (Å²) >= 11 is 2.53. The summed E-state index contributed by atoms with van der Waals surface area (Å²) in [6.07, 6.45) is 3.19. The molecule has 20 heavy (non-hydrogen) atoms. The second-order valence-electron chi connectivity index (χ2n) is 3.79. The van der Waals surface area contributed by atoms with E-state index in [0.29, 0.717) is 26.8 Å². The molecule has 0 aliphatic carbocycles. The van der Waals surface area contributed by atoms with Gasteiger partial charge >= 0.3 is 0 Å². The second kappa shape index (κ2) is 6.02. The van der Waals surface area contributed by atoms with Gasteiger partial charge in [-0.2, -0.15) is 24.2 Å². The van der Waals surface area contributed by atoms with Crippen LogP contribution in [0.15, 0.2) is 10.1 Å². The second-order valence-corrected chi connectivity index (χ2v) is 5.36. The van der Waals surface area contributed by atoms with Gasteiger partial charge in [0.25, 0.3) is 0 Å². The van der Waals surface area contributed by atoms with Crippen molar-refractivity contribution in [2.75, 3.05) is 11.7 Å². The van der Waals surface area contributed by atoms with Crippen LogP contribution in [0, 0.1) is 24.2 Å². The predicted molar refractivity (Wildman–Crippen MR) is 77.7 cm³/mol. The normalized spacial score (nSPS) is 10.9. The van der Waals surface area contributed by atoms with E-state index < -0.39 is 5.95 Å². The van der Waals surface area contributed by atoms with Gasteiger partial charge in [0.2, 0.25) is 5.95 Å². The Hall–Kier alpha value is -1.92. The lowest BCUT2D eigenvalue weighted by Crippen LogP contribution is -1.96. The molecule has 2 rings (SSSR count). The van der Waals surface area contributed by atoms with Gasteiger partial charge in [0.05, 0.1) is 17.5 Å². The zero-order valence-electron chi connectivity index (χ0n) is 11.0. The summed E-state index contributed by atoms with van der Waals surface area (Å²) in [7, 11) is 1.52. The molecule has 0 aliphatic heterocycles. The number of nitrogens with one attached hydrogen (secondary N) is 1. The molecule has 2 aromatic rings. The Kier molecular flexibility index (Phi) is 4.36. The fourth-order valence-electron chi connectivity index (χ4n) is 1.54. The lowest BCUT2D eigenvalue weighted by Gasteiger charge is -1.95. The standard InChI is InChI=1S/C11H11FN6S2/c1-6-8(9(12)18(2)16-6)5-14-15-10-7(4-13)11(19-3)17-20-10/h5,15H,1-3H3/b14-5+. The maximum Gasteiger partial charge on any atom is 0.220 e. The molecule has 0 aromatic carbocycles. The van der Waals surface area contributed by atoms with E-state index in [0.717, 1.165) is 16.2 Å². The molecule has 0 amide bonds. The Morgan fingerprint density at radius 3 is 2.90 bits per heavy atom. The van der Waals surface area contributed by atoms with E-state index >= 15 is 0 Å². The zero-order valence-corrected chi connectivity index (χ0v) is 12.6. The fourth-order valence-corrected chi connectivity index (χ4v) is 2.96. The smallest absolute Gasteiger partial charge is 0.220 e. The molecular weight excluding hydrogens is 299 g/mol. The number of aryl methyl sites for hydroxylation is 2. The van der Waals surface area contributed by atoms with Crippen LogP contribution in [0.2, 0.25) is 0 Å². The van der Waals surface area contributed by atoms with Gasteiger partial charge in [0.1, 0.15) is 21.7 Å². The van der Waals surface area contributed by atoms with Crippen molar-refractivity contribution >= 4 is 34.5 Å². The number of nitriles is 1. The topological polar surface area (TPSA) is 78.9 Å². The fraction of sp³-hybridized carbons (Fsp3) is 0.273. The van der Waals surface area contributed by atoms with E-state index in [1.54, 1.807) is 6.92 Å². The molecule has 0 unspecified atom stereocenters. The number of hydrogen-bond acceptors (Lipinski definition) is 7. The van der Waals surface area contributed by atoms with Crippen molar-refractivity contribution in [3.05, 3.63) is 22.8 Å². The highest BCUT2D eigenvalue weighted by atomic mass is 32.2. The SMILES string of the molecule is CSc1nsc(N/N=C/c2c(C)nn(C)c2F)c1C#N. The van der Waals surface area contributed by atoms with E-state index in [1.807, 2.05) is 6.26 Å². The van der Waals surface area contributed by atoms with Crippen molar-refractivity contribution in [3.63, 3.8) is 0 Å². The molecule has 2 aromatic heterocycles. The van der Waals surface area contributed by atoms with Crippen molar-refractivity contribution < 1.29 is 4.39 Å². The molecule has 6 nitrogen and oxygen atoms in total. The van der Waals surface area contributed by atoms with Gasteiger partial charge in [-0.1, -0.05) is 0 Å². The van der Waals surface area contributed by atoms with Crippen LogP contribution in [-0.4, -0.2) is 26.6 Å². The number of nitrogens with zero attached hydrogens (tertiary/aromatic N) is 5. The molecule has 0 radical (unpaired) electrons. The zero-order chi connectivity index (χ0) is 14.7. The molecule has 0 fully saturated rings. The van der Waals surface area contributed by atoms with Crippen molar-refractivity contribution in [2.45, 2.75) is 11.9 Å². The Balaban J connectivity index is 2.19. The molecule has 0 aliphatic rings. The Bertz CT molecular complexity index is 697. The molecule has 0 saturated carbocycles. The number of rotatable bonds is 4. The van der Waals surface area contributed by atoms with E-state index in [4.69, 9.17) is 5.26 Å². The summed E-state index contributed by atoms with van der Waals surface area (Å²) < 4.78 is 18.9. The third-order valence-corrected chi connectivity index (χ3v) is 4.07. The number of aromatic nitrogens is 3. The minimum absolute atomic E-state index is 0.313. The Labute approximate surface area is 123 Å². The van der Waals surface area contributed by atoms with Crippen molar-refractivity contribution in [1.29, 1.82) is 5.26 Å². The highest BCUT2D eigenvalue weighted by molar-refractivity contribution is 7.98. The first-order valence-electron chi connectivity index (χ1n) is 5.50. The van der Waals surface area contributed by atoms with Crippen LogP contribution in [0.4, 0.5) is 9.39 Å². The van der Waals surface area contributed by atoms with Gasteiger partial charge in [0, 0.05) is 7.05 Å². The summed E-state index contributed by atoms with van der Waals surface area (Å²) in [5.41, 5.74) is 4.02. The summed E-state index contributed by atoms with van der Waals surface area (Å²) in [6.45, 7) is 1.70. The highest BCUT2D eigenvalue weighted by Crippen LogP contribution is 2.29. The number of hydrogen-bond donors (Lipinski definition) is 1. The van der Waals surface area contributed by atoms with Crippen LogP contribution in [0.25, 0.3) is 0 Å². The third-order valence-electron chi connectivity index (χ3n) is 2.52. The molecule has 104 valence electrons. The summed E-state index contributed by atoms with van der Waals surface area (Å²) in [4.78, 5) is 0. The largest absolute Gasteiger partial charge is 0.266 e. The van der Waals surface area contributed by atoms with Crippen LogP contribution < -0.4 is 5.43 Å². The first-order valence-corrected chi connectivity index (χ1v) is 7.50. The first kappa shape index (κ1) is 14.5. The van der Waals surface area contributed by atoms with Crippen LogP contribution in [-0.2, 0) is 7.05 Å². The van der Waals surface area contributed by atoms with E-state index in [2.05, 4.69) is 26.1 Å². The van der Waals surface area contributed by atoms with E-state index in [9.17, 15) is 4.39 Å². The van der Waals surface area contributed by atoms with E-state index in [1.165, 1.54) is 25.0 Å². The van der Waals surface area contributed by atoms with Gasteiger partial charge in [-0.15, -0.1) is 11.8 Å². The van der Waals surface area contributed by atoms with Crippen molar-refractivity contribution in [2.24, 2.45) is 12.1 Å². The van der Waals surface area contributed by atoms with Crippen LogP contribution in [0.5, 0.6) is 0 Å². The highest BCUT2D eigenvalue weighted by Gasteiger charge is 2.13. The average Bonchev–Trinajstić information content (AvgIpc) is 2.94. The number of halogens is 1. The lowest BCUT2D eigenvalue weighted by atomic mass is 10.3. The van der Waals surface area contributed by atoms with Crippen molar-refractivity contribution in [1.82, 2.24) is 14.2 Å². The number of anilines is 1. The maximum absolute atomic E-state index is 13.7. The minimum Gasteiger partial charge on any atom is -0.266 e. The molecule has 1 N–H and O–H groups in total. The number of hydrazone groups is 1. The summed E-state index contributed by atoms with van der Waals surface area (Å²) in [5, 5.41) is 18.1. The van der Waals surface area contributed by atoms with Crippen molar-refractivity contribution in [3.8, 4) is 6.07 Å². The average molecular weight is 310 g/mol. The van der Waals surface area contributed by atoms with Crippen LogP contribution in [0.3, 0.4) is 0 Å². The molecule has 0 spiro atoms. The van der Waals surface area contributed by atoms with Gasteiger partial charge < -0.3 is 0 Å². The quantitative estimate of drug-likeness (QED) is 0.533.